The Bertz CT molecular complexity index is 165. The molecule has 1 aliphatic rings. The highest BCUT2D eigenvalue weighted by atomic mass is 16.5. The monoisotopic (exact) mass is 200 g/mol. The van der Waals surface area contributed by atoms with Crippen LogP contribution in [0.3, 0.4) is 0 Å². The van der Waals surface area contributed by atoms with Crippen LogP contribution in [0.5, 0.6) is 0 Å². The molecule has 0 aromatic carbocycles. The van der Waals surface area contributed by atoms with Gasteiger partial charge in [-0.3, -0.25) is 0 Å². The Kier molecular flexibility index (Phi) is 4.35. The van der Waals surface area contributed by atoms with Gasteiger partial charge in [0.25, 0.3) is 0 Å². The molecular weight excluding hydrogens is 176 g/mol. The predicted octanol–water partition coefficient (Wildman–Crippen LogP) is 1.10. The van der Waals surface area contributed by atoms with Crippen molar-refractivity contribution >= 4 is 0 Å². The molecule has 0 aromatic rings. The van der Waals surface area contributed by atoms with Gasteiger partial charge in [-0.2, -0.15) is 0 Å². The Labute approximate surface area is 87.8 Å². The molecule has 1 fully saturated rings. The summed E-state index contributed by atoms with van der Waals surface area (Å²) in [6.07, 6.45) is 1.53. The van der Waals surface area contributed by atoms with Crippen molar-refractivity contribution < 1.29 is 4.74 Å². The van der Waals surface area contributed by atoms with E-state index in [1.165, 1.54) is 0 Å². The van der Waals surface area contributed by atoms with Gasteiger partial charge in [0.2, 0.25) is 0 Å². The van der Waals surface area contributed by atoms with Crippen LogP contribution in [0.15, 0.2) is 0 Å². The lowest BCUT2D eigenvalue weighted by Gasteiger charge is -2.31. The lowest BCUT2D eigenvalue weighted by molar-refractivity contribution is -0.0233. The second-order valence-corrected chi connectivity index (χ2v) is 5.22. The molecular formula is C11H24N2O. The van der Waals surface area contributed by atoms with Crippen LogP contribution in [0.2, 0.25) is 0 Å². The first kappa shape index (κ1) is 12.0. The minimum atomic E-state index is 0.223. The van der Waals surface area contributed by atoms with Gasteiger partial charge in [-0.15, -0.1) is 0 Å². The Morgan fingerprint density at radius 1 is 1.43 bits per heavy atom. The van der Waals surface area contributed by atoms with Crippen LogP contribution in [0.1, 0.15) is 27.2 Å². The van der Waals surface area contributed by atoms with Gasteiger partial charge in [-0.25, -0.2) is 0 Å². The number of nitrogens with zero attached hydrogens (tertiary/aromatic N) is 1. The molecule has 1 aliphatic heterocycles. The lowest BCUT2D eigenvalue weighted by Crippen LogP contribution is -2.43. The highest BCUT2D eigenvalue weighted by Gasteiger charge is 2.18. The van der Waals surface area contributed by atoms with Crippen molar-refractivity contribution in [3.63, 3.8) is 0 Å². The van der Waals surface area contributed by atoms with Crippen LogP contribution >= 0.6 is 0 Å². The van der Waals surface area contributed by atoms with Crippen molar-refractivity contribution in [3.8, 4) is 0 Å². The highest BCUT2D eigenvalue weighted by molar-refractivity contribution is 4.74. The maximum atomic E-state index is 5.68. The maximum absolute atomic E-state index is 5.68. The molecule has 0 saturated carbocycles. The van der Waals surface area contributed by atoms with E-state index >= 15 is 0 Å². The fraction of sp³-hybridized carbons (Fsp3) is 1.00. The van der Waals surface area contributed by atoms with Crippen LogP contribution in [-0.4, -0.2) is 49.8 Å². The molecule has 3 heteroatoms. The molecule has 0 spiro atoms. The second-order valence-electron chi connectivity index (χ2n) is 5.22. The fourth-order valence-corrected chi connectivity index (χ4v) is 1.65. The van der Waals surface area contributed by atoms with Crippen LogP contribution in [0, 0.1) is 0 Å². The first-order valence-electron chi connectivity index (χ1n) is 5.52. The van der Waals surface area contributed by atoms with Gasteiger partial charge in [0, 0.05) is 18.6 Å². The van der Waals surface area contributed by atoms with Crippen molar-refractivity contribution in [1.82, 2.24) is 10.2 Å². The number of morpholine rings is 1. The van der Waals surface area contributed by atoms with Gasteiger partial charge < -0.3 is 15.0 Å². The number of rotatable bonds is 3. The first-order chi connectivity index (χ1) is 6.47. The summed E-state index contributed by atoms with van der Waals surface area (Å²) in [5.74, 6) is 0. The van der Waals surface area contributed by atoms with E-state index in [1.807, 2.05) is 0 Å². The summed E-state index contributed by atoms with van der Waals surface area (Å²) in [4.78, 5) is 2.34. The summed E-state index contributed by atoms with van der Waals surface area (Å²) in [5.41, 5.74) is 0.223. The maximum Gasteiger partial charge on any atom is 0.0714 e. The van der Waals surface area contributed by atoms with Crippen molar-refractivity contribution in [1.29, 1.82) is 0 Å². The van der Waals surface area contributed by atoms with Crippen molar-refractivity contribution in [2.45, 2.75) is 38.8 Å². The van der Waals surface area contributed by atoms with E-state index in [9.17, 15) is 0 Å². The predicted molar refractivity (Wildman–Crippen MR) is 59.6 cm³/mol. The quantitative estimate of drug-likeness (QED) is 0.738. The number of hydrogen-bond donors (Lipinski definition) is 1. The van der Waals surface area contributed by atoms with E-state index in [1.54, 1.807) is 0 Å². The molecule has 0 radical (unpaired) electrons. The highest BCUT2D eigenvalue weighted by Crippen LogP contribution is 2.07. The fourth-order valence-electron chi connectivity index (χ4n) is 1.65. The standard InChI is InChI=1S/C11H24N2O/c1-11(2,3)12-6-5-10-9-13(4)7-8-14-10/h10,12H,5-9H2,1-4H3/t10-/m1/s1. The van der Waals surface area contributed by atoms with Gasteiger partial charge in [-0.05, 0) is 40.8 Å². The van der Waals surface area contributed by atoms with E-state index in [4.69, 9.17) is 4.74 Å². The summed E-state index contributed by atoms with van der Waals surface area (Å²) in [6, 6.07) is 0. The zero-order valence-corrected chi connectivity index (χ0v) is 9.97. The molecule has 84 valence electrons. The van der Waals surface area contributed by atoms with Crippen LogP contribution < -0.4 is 5.32 Å². The van der Waals surface area contributed by atoms with Gasteiger partial charge in [0.1, 0.15) is 0 Å². The van der Waals surface area contributed by atoms with Crippen LogP contribution in [0.4, 0.5) is 0 Å². The Morgan fingerprint density at radius 3 is 2.71 bits per heavy atom. The number of nitrogens with one attached hydrogen (secondary N) is 1. The second kappa shape index (κ2) is 5.10. The number of ether oxygens (including phenoxy) is 1. The third kappa shape index (κ3) is 4.94. The molecule has 0 aliphatic carbocycles. The lowest BCUT2D eigenvalue weighted by atomic mass is 10.1. The number of hydrogen-bond acceptors (Lipinski definition) is 3. The molecule has 1 rings (SSSR count). The third-order valence-electron chi connectivity index (χ3n) is 2.46. The first-order valence-corrected chi connectivity index (χ1v) is 5.52. The van der Waals surface area contributed by atoms with Gasteiger partial charge in [0.05, 0.1) is 12.7 Å². The topological polar surface area (TPSA) is 24.5 Å². The number of likely N-dealkylation sites (N-methyl/N-ethyl adjacent to an activating group) is 1. The molecule has 0 aromatic heterocycles. The zero-order chi connectivity index (χ0) is 10.6. The smallest absolute Gasteiger partial charge is 0.0714 e. The summed E-state index contributed by atoms with van der Waals surface area (Å²) >= 11 is 0. The average molecular weight is 200 g/mol. The van der Waals surface area contributed by atoms with Gasteiger partial charge >= 0.3 is 0 Å². The summed E-state index contributed by atoms with van der Waals surface area (Å²) < 4.78 is 5.68. The Hall–Kier alpha value is -0.120. The van der Waals surface area contributed by atoms with Crippen LogP contribution in [-0.2, 0) is 4.74 Å². The van der Waals surface area contributed by atoms with E-state index in [2.05, 4.69) is 38.0 Å². The zero-order valence-electron chi connectivity index (χ0n) is 9.97. The molecule has 1 N–H and O–H groups in total. The molecule has 14 heavy (non-hydrogen) atoms. The molecule has 0 unspecified atom stereocenters. The largest absolute Gasteiger partial charge is 0.376 e. The van der Waals surface area contributed by atoms with Gasteiger partial charge in [-0.1, -0.05) is 0 Å². The Morgan fingerprint density at radius 2 is 2.14 bits per heavy atom. The summed E-state index contributed by atoms with van der Waals surface area (Å²) in [6.45, 7) is 10.7. The minimum Gasteiger partial charge on any atom is -0.376 e. The SMILES string of the molecule is CN1CCO[C@H](CCNC(C)(C)C)C1. The van der Waals surface area contributed by atoms with E-state index in [0.29, 0.717) is 6.10 Å². The normalized spacial score (nSPS) is 25.3. The molecule has 1 saturated heterocycles. The Balaban J connectivity index is 2.12. The van der Waals surface area contributed by atoms with E-state index in [-0.39, 0.29) is 5.54 Å². The molecule has 1 atom stereocenters. The van der Waals surface area contributed by atoms with Gasteiger partial charge in [0.15, 0.2) is 0 Å². The molecule has 3 nitrogen and oxygen atoms in total. The minimum absolute atomic E-state index is 0.223. The summed E-state index contributed by atoms with van der Waals surface area (Å²) in [5, 5.41) is 3.49. The van der Waals surface area contributed by atoms with Crippen LogP contribution in [0.25, 0.3) is 0 Å². The molecule has 1 heterocycles. The molecule has 0 amide bonds. The summed E-state index contributed by atoms with van der Waals surface area (Å²) in [7, 11) is 2.16. The average Bonchev–Trinajstić information content (AvgIpc) is 2.01. The van der Waals surface area contributed by atoms with E-state index < -0.39 is 0 Å². The van der Waals surface area contributed by atoms with E-state index in [0.717, 1.165) is 32.7 Å². The van der Waals surface area contributed by atoms with Crippen molar-refractivity contribution in [2.24, 2.45) is 0 Å². The van der Waals surface area contributed by atoms with Crippen molar-refractivity contribution in [3.05, 3.63) is 0 Å². The third-order valence-corrected chi connectivity index (χ3v) is 2.46. The molecule has 0 bridgehead atoms. The van der Waals surface area contributed by atoms with Crippen molar-refractivity contribution in [2.75, 3.05) is 33.3 Å².